The van der Waals surface area contributed by atoms with Gasteiger partial charge in [0.25, 0.3) is 0 Å². The van der Waals surface area contributed by atoms with E-state index in [1.807, 2.05) is 6.07 Å². The number of anilines is 3. The molecule has 0 aliphatic heterocycles. The van der Waals surface area contributed by atoms with E-state index < -0.39 is 0 Å². The van der Waals surface area contributed by atoms with Gasteiger partial charge in [-0.3, -0.25) is 0 Å². The first-order valence-electron chi connectivity index (χ1n) is 13.9. The Morgan fingerprint density at radius 2 is 0.805 bits per heavy atom. The molecule has 0 bridgehead atoms. The lowest BCUT2D eigenvalue weighted by Crippen LogP contribution is -2.10. The summed E-state index contributed by atoms with van der Waals surface area (Å²) in [7, 11) is 0. The highest BCUT2D eigenvalue weighted by Gasteiger charge is 2.23. The van der Waals surface area contributed by atoms with Crippen molar-refractivity contribution in [1.82, 2.24) is 0 Å². The van der Waals surface area contributed by atoms with Crippen LogP contribution in [0, 0.1) is 0 Å². The average molecular weight is 526 g/mol. The SMILES string of the molecule is c1ccc(N(c2cccc3c2oc2cc4ccccc4cc23)c2cccc3c2oc2cc4ccccc4cc23)cc1. The summed E-state index contributed by atoms with van der Waals surface area (Å²) in [6.45, 7) is 0. The standard InChI is InChI=1S/C38H23NO2/c1-2-14-28(15-3-1)39(33-18-8-16-29-31-20-24-10-4-6-12-26(24)22-35(31)40-37(29)33)34-19-9-17-30-32-21-25-11-5-7-13-27(25)23-36(32)41-38(30)34/h1-23H. The first-order chi connectivity index (χ1) is 20.3. The minimum Gasteiger partial charge on any atom is -0.454 e. The molecule has 3 heteroatoms. The average Bonchev–Trinajstić information content (AvgIpc) is 3.58. The highest BCUT2D eigenvalue weighted by atomic mass is 16.3. The van der Waals surface area contributed by atoms with Gasteiger partial charge in [-0.05, 0) is 70.1 Å². The van der Waals surface area contributed by atoms with Gasteiger partial charge in [0.1, 0.15) is 11.2 Å². The van der Waals surface area contributed by atoms with E-state index in [0.29, 0.717) is 0 Å². The van der Waals surface area contributed by atoms with Crippen LogP contribution in [0.3, 0.4) is 0 Å². The highest BCUT2D eigenvalue weighted by Crippen LogP contribution is 2.46. The Kier molecular flexibility index (Phi) is 4.61. The third-order valence-electron chi connectivity index (χ3n) is 8.18. The number of hydrogen-bond acceptors (Lipinski definition) is 3. The van der Waals surface area contributed by atoms with Gasteiger partial charge in [0.2, 0.25) is 0 Å². The summed E-state index contributed by atoms with van der Waals surface area (Å²) in [5.41, 5.74) is 6.42. The molecule has 0 aliphatic carbocycles. The van der Waals surface area contributed by atoms with Crippen LogP contribution < -0.4 is 4.90 Å². The number of furan rings is 2. The normalized spacial score (nSPS) is 11.9. The Bertz CT molecular complexity index is 2280. The lowest BCUT2D eigenvalue weighted by molar-refractivity contribution is 0.667. The predicted molar refractivity (Wildman–Crippen MR) is 171 cm³/mol. The summed E-state index contributed by atoms with van der Waals surface area (Å²) in [4.78, 5) is 2.26. The van der Waals surface area contributed by atoms with Gasteiger partial charge < -0.3 is 13.7 Å². The molecule has 0 N–H and O–H groups in total. The second-order valence-corrected chi connectivity index (χ2v) is 10.6. The minimum absolute atomic E-state index is 0.848. The van der Waals surface area contributed by atoms with Crippen LogP contribution in [0.2, 0.25) is 0 Å². The summed E-state index contributed by atoms with van der Waals surface area (Å²) in [6.07, 6.45) is 0. The molecule has 2 aromatic heterocycles. The summed E-state index contributed by atoms with van der Waals surface area (Å²) < 4.78 is 13.3. The van der Waals surface area contributed by atoms with Crippen molar-refractivity contribution in [1.29, 1.82) is 0 Å². The lowest BCUT2D eigenvalue weighted by atomic mass is 10.0. The molecular formula is C38H23NO2. The van der Waals surface area contributed by atoms with Crippen LogP contribution in [-0.2, 0) is 0 Å². The molecule has 0 atom stereocenters. The molecule has 0 saturated carbocycles. The van der Waals surface area contributed by atoms with Gasteiger partial charge in [-0.15, -0.1) is 0 Å². The van der Waals surface area contributed by atoms with Gasteiger partial charge in [0.05, 0.1) is 11.4 Å². The summed E-state index contributed by atoms with van der Waals surface area (Å²) in [5.74, 6) is 0. The van der Waals surface area contributed by atoms with Crippen molar-refractivity contribution in [3.05, 3.63) is 140 Å². The van der Waals surface area contributed by atoms with Crippen LogP contribution in [0.15, 0.2) is 148 Å². The van der Waals surface area contributed by atoms with Gasteiger partial charge in [-0.1, -0.05) is 91.0 Å². The van der Waals surface area contributed by atoms with Crippen LogP contribution in [0.1, 0.15) is 0 Å². The Morgan fingerprint density at radius 1 is 0.366 bits per heavy atom. The topological polar surface area (TPSA) is 29.5 Å². The molecule has 0 saturated heterocycles. The molecule has 0 unspecified atom stereocenters. The molecule has 9 aromatic rings. The van der Waals surface area contributed by atoms with Gasteiger partial charge in [-0.2, -0.15) is 0 Å². The maximum absolute atomic E-state index is 6.67. The van der Waals surface area contributed by atoms with E-state index in [1.165, 1.54) is 21.5 Å². The summed E-state index contributed by atoms with van der Waals surface area (Å²) in [6, 6.07) is 48.8. The molecule has 2 heterocycles. The number of rotatable bonds is 3. The van der Waals surface area contributed by atoms with Crippen LogP contribution in [0.4, 0.5) is 17.1 Å². The highest BCUT2D eigenvalue weighted by molar-refractivity contribution is 6.16. The van der Waals surface area contributed by atoms with E-state index in [-0.39, 0.29) is 0 Å². The third-order valence-corrected chi connectivity index (χ3v) is 8.18. The molecule has 3 nitrogen and oxygen atoms in total. The Balaban J connectivity index is 1.35. The van der Waals surface area contributed by atoms with Crippen molar-refractivity contribution in [2.24, 2.45) is 0 Å². The number of fused-ring (bicyclic) bond motifs is 8. The summed E-state index contributed by atoms with van der Waals surface area (Å²) in [5, 5.41) is 9.14. The monoisotopic (exact) mass is 525 g/mol. The van der Waals surface area contributed by atoms with Gasteiger partial charge in [-0.25, -0.2) is 0 Å². The maximum Gasteiger partial charge on any atom is 0.159 e. The second-order valence-electron chi connectivity index (χ2n) is 10.6. The van der Waals surface area contributed by atoms with E-state index in [1.54, 1.807) is 0 Å². The molecule has 0 spiro atoms. The smallest absolute Gasteiger partial charge is 0.159 e. The number of benzene rings is 7. The van der Waals surface area contributed by atoms with Gasteiger partial charge in [0, 0.05) is 27.2 Å². The Morgan fingerprint density at radius 3 is 1.29 bits per heavy atom. The molecule has 0 fully saturated rings. The number of hydrogen-bond donors (Lipinski definition) is 0. The zero-order chi connectivity index (χ0) is 26.9. The van der Waals surface area contributed by atoms with Crippen molar-refractivity contribution in [3.63, 3.8) is 0 Å². The van der Waals surface area contributed by atoms with Crippen LogP contribution in [-0.4, -0.2) is 0 Å². The van der Waals surface area contributed by atoms with Crippen molar-refractivity contribution >= 4 is 82.5 Å². The zero-order valence-corrected chi connectivity index (χ0v) is 22.0. The number of para-hydroxylation sites is 3. The van der Waals surface area contributed by atoms with Crippen molar-refractivity contribution < 1.29 is 8.83 Å². The molecule has 0 radical (unpaired) electrons. The Labute approximate surface area is 235 Å². The van der Waals surface area contributed by atoms with Crippen molar-refractivity contribution in [2.45, 2.75) is 0 Å². The molecule has 7 aromatic carbocycles. The minimum atomic E-state index is 0.848. The fourth-order valence-corrected chi connectivity index (χ4v) is 6.27. The molecule has 41 heavy (non-hydrogen) atoms. The first kappa shape index (κ1) is 22.3. The zero-order valence-electron chi connectivity index (χ0n) is 22.0. The maximum atomic E-state index is 6.67. The quantitative estimate of drug-likeness (QED) is 0.230. The van der Waals surface area contributed by atoms with Gasteiger partial charge in [0.15, 0.2) is 11.2 Å². The third kappa shape index (κ3) is 3.33. The van der Waals surface area contributed by atoms with E-state index in [2.05, 4.69) is 138 Å². The molecular weight excluding hydrogens is 502 g/mol. The fourth-order valence-electron chi connectivity index (χ4n) is 6.27. The molecule has 9 rings (SSSR count). The lowest BCUT2D eigenvalue weighted by Gasteiger charge is -2.25. The van der Waals surface area contributed by atoms with Crippen molar-refractivity contribution in [2.75, 3.05) is 4.90 Å². The van der Waals surface area contributed by atoms with E-state index in [0.717, 1.165) is 60.9 Å². The second kappa shape index (κ2) is 8.48. The van der Waals surface area contributed by atoms with Crippen LogP contribution in [0.25, 0.3) is 65.4 Å². The molecule has 0 amide bonds. The summed E-state index contributed by atoms with van der Waals surface area (Å²) >= 11 is 0. The Hall–Kier alpha value is -5.54. The van der Waals surface area contributed by atoms with E-state index in [4.69, 9.17) is 8.83 Å². The largest absolute Gasteiger partial charge is 0.454 e. The van der Waals surface area contributed by atoms with E-state index >= 15 is 0 Å². The molecule has 192 valence electrons. The van der Waals surface area contributed by atoms with Crippen molar-refractivity contribution in [3.8, 4) is 0 Å². The first-order valence-corrected chi connectivity index (χ1v) is 13.9. The van der Waals surface area contributed by atoms with Gasteiger partial charge >= 0.3 is 0 Å². The van der Waals surface area contributed by atoms with Crippen LogP contribution in [0.5, 0.6) is 0 Å². The van der Waals surface area contributed by atoms with Crippen LogP contribution >= 0.6 is 0 Å². The fraction of sp³-hybridized carbons (Fsp3) is 0. The van der Waals surface area contributed by atoms with E-state index in [9.17, 15) is 0 Å². The molecule has 0 aliphatic rings. The number of nitrogens with zero attached hydrogens (tertiary/aromatic N) is 1. The predicted octanol–water partition coefficient (Wildman–Crippen LogP) is 11.3.